The van der Waals surface area contributed by atoms with Crippen LogP contribution in [0.3, 0.4) is 0 Å². The molecule has 2 aromatic rings. The molecule has 2 aromatic carbocycles. The fourth-order valence-corrected chi connectivity index (χ4v) is 2.55. The van der Waals surface area contributed by atoms with Crippen LogP contribution < -0.4 is 10.1 Å². The molecule has 0 amide bonds. The van der Waals surface area contributed by atoms with Gasteiger partial charge in [-0.2, -0.15) is 0 Å². The number of aryl methyl sites for hydroxylation is 2. The van der Waals surface area contributed by atoms with Gasteiger partial charge in [-0.3, -0.25) is 0 Å². The molecule has 0 atom stereocenters. The second-order valence-corrected chi connectivity index (χ2v) is 6.31. The summed E-state index contributed by atoms with van der Waals surface area (Å²) in [6.07, 6.45) is 0.780. The number of rotatable bonds is 7. The van der Waals surface area contributed by atoms with Crippen molar-refractivity contribution in [3.05, 3.63) is 57.6 Å². The van der Waals surface area contributed by atoms with Crippen LogP contribution in [0, 0.1) is 13.8 Å². The minimum absolute atomic E-state index is 0.259. The van der Waals surface area contributed by atoms with E-state index in [0.717, 1.165) is 22.2 Å². The third-order valence-corrected chi connectivity index (χ3v) is 3.94. The fraction of sp³-hybridized carbons (Fsp3) is 0.278. The van der Waals surface area contributed by atoms with Gasteiger partial charge < -0.3 is 15.2 Å². The van der Waals surface area contributed by atoms with E-state index >= 15 is 0 Å². The smallest absolute Gasteiger partial charge is 0.337 e. The fourth-order valence-electron chi connectivity index (χ4n) is 2.19. The lowest BCUT2D eigenvalue weighted by atomic mass is 10.1. The van der Waals surface area contributed by atoms with E-state index in [2.05, 4.69) is 27.3 Å². The number of ether oxygens (including phenoxy) is 1. The van der Waals surface area contributed by atoms with Crippen molar-refractivity contribution in [2.24, 2.45) is 0 Å². The van der Waals surface area contributed by atoms with Gasteiger partial charge in [0.1, 0.15) is 5.75 Å². The monoisotopic (exact) mass is 377 g/mol. The summed E-state index contributed by atoms with van der Waals surface area (Å²) in [5.41, 5.74) is 3.16. The van der Waals surface area contributed by atoms with E-state index in [1.54, 1.807) is 12.1 Å². The average molecular weight is 378 g/mol. The van der Waals surface area contributed by atoms with Gasteiger partial charge in [0, 0.05) is 16.7 Å². The lowest BCUT2D eigenvalue weighted by molar-refractivity contribution is 0.0698. The summed E-state index contributed by atoms with van der Waals surface area (Å²) in [7, 11) is 0. The van der Waals surface area contributed by atoms with Crippen LogP contribution in [-0.4, -0.2) is 24.2 Å². The lowest BCUT2D eigenvalue weighted by Crippen LogP contribution is -2.10. The maximum Gasteiger partial charge on any atom is 0.337 e. The summed E-state index contributed by atoms with van der Waals surface area (Å²) in [6.45, 7) is 5.28. The number of aromatic carboxylic acids is 1. The Bertz CT molecular complexity index is 701. The number of benzene rings is 2. The molecule has 122 valence electrons. The number of carboxylic acid groups (broad SMARTS) is 1. The zero-order chi connectivity index (χ0) is 16.8. The summed E-state index contributed by atoms with van der Waals surface area (Å²) in [5.74, 6) is -0.0414. The van der Waals surface area contributed by atoms with Crippen molar-refractivity contribution >= 4 is 27.6 Å². The van der Waals surface area contributed by atoms with Crippen LogP contribution in [0.1, 0.15) is 27.9 Å². The Kier molecular flexibility index (Phi) is 6.04. The molecule has 0 bridgehead atoms. The van der Waals surface area contributed by atoms with Gasteiger partial charge in [-0.1, -0.05) is 28.1 Å². The first-order valence-corrected chi connectivity index (χ1v) is 8.23. The van der Waals surface area contributed by atoms with Gasteiger partial charge in [0.25, 0.3) is 0 Å². The van der Waals surface area contributed by atoms with E-state index in [-0.39, 0.29) is 5.56 Å². The van der Waals surface area contributed by atoms with Gasteiger partial charge in [-0.05, 0) is 55.7 Å². The highest BCUT2D eigenvalue weighted by molar-refractivity contribution is 9.10. The first kappa shape index (κ1) is 17.3. The van der Waals surface area contributed by atoms with Gasteiger partial charge in [-0.15, -0.1) is 0 Å². The quantitative estimate of drug-likeness (QED) is 0.689. The third-order valence-electron chi connectivity index (χ3n) is 3.45. The summed E-state index contributed by atoms with van der Waals surface area (Å²) in [6, 6.07) is 11.3. The molecule has 2 N–H and O–H groups in total. The number of anilines is 1. The minimum atomic E-state index is -0.944. The molecule has 0 fully saturated rings. The molecule has 0 aliphatic heterocycles. The van der Waals surface area contributed by atoms with Crippen molar-refractivity contribution in [1.29, 1.82) is 0 Å². The van der Waals surface area contributed by atoms with E-state index in [4.69, 9.17) is 4.74 Å². The average Bonchev–Trinajstić information content (AvgIpc) is 2.51. The maximum atomic E-state index is 11.2. The first-order valence-electron chi connectivity index (χ1n) is 7.44. The Morgan fingerprint density at radius 3 is 2.74 bits per heavy atom. The minimum Gasteiger partial charge on any atom is -0.493 e. The summed E-state index contributed by atoms with van der Waals surface area (Å²) >= 11 is 3.28. The SMILES string of the molecule is Cc1ccc(C)c(OCCCNc2ccc(Br)cc2C(=O)O)c1. The molecule has 0 radical (unpaired) electrons. The van der Waals surface area contributed by atoms with Crippen LogP contribution in [0.2, 0.25) is 0 Å². The van der Waals surface area contributed by atoms with Crippen LogP contribution in [0.4, 0.5) is 5.69 Å². The molecule has 0 spiro atoms. The van der Waals surface area contributed by atoms with Crippen LogP contribution in [-0.2, 0) is 0 Å². The van der Waals surface area contributed by atoms with Gasteiger partial charge in [-0.25, -0.2) is 4.79 Å². The highest BCUT2D eigenvalue weighted by Crippen LogP contribution is 2.21. The number of hydrogen-bond acceptors (Lipinski definition) is 3. The molecule has 4 nitrogen and oxygen atoms in total. The second kappa shape index (κ2) is 8.02. The Labute approximate surface area is 144 Å². The normalized spacial score (nSPS) is 10.4. The standard InChI is InChI=1S/C18H20BrNO3/c1-12-4-5-13(2)17(10-12)23-9-3-8-20-16-7-6-14(19)11-15(16)18(21)22/h4-7,10-11,20H,3,8-9H2,1-2H3,(H,21,22). The van der Waals surface area contributed by atoms with Crippen molar-refractivity contribution in [1.82, 2.24) is 0 Å². The van der Waals surface area contributed by atoms with E-state index in [1.807, 2.05) is 32.0 Å². The van der Waals surface area contributed by atoms with Crippen molar-refractivity contribution in [3.63, 3.8) is 0 Å². The lowest BCUT2D eigenvalue weighted by Gasteiger charge is -2.12. The zero-order valence-electron chi connectivity index (χ0n) is 13.2. The summed E-state index contributed by atoms with van der Waals surface area (Å²) in [5, 5.41) is 12.4. The van der Waals surface area contributed by atoms with Crippen molar-refractivity contribution in [3.8, 4) is 5.75 Å². The Hall–Kier alpha value is -2.01. The molecule has 0 saturated heterocycles. The Morgan fingerprint density at radius 1 is 1.22 bits per heavy atom. The molecule has 0 unspecified atom stereocenters. The van der Waals surface area contributed by atoms with Gasteiger partial charge >= 0.3 is 5.97 Å². The van der Waals surface area contributed by atoms with Gasteiger partial charge in [0.2, 0.25) is 0 Å². The number of carbonyl (C=O) groups is 1. The molecule has 0 aromatic heterocycles. The van der Waals surface area contributed by atoms with Crippen LogP contribution >= 0.6 is 15.9 Å². The second-order valence-electron chi connectivity index (χ2n) is 5.39. The zero-order valence-corrected chi connectivity index (χ0v) is 14.8. The van der Waals surface area contributed by atoms with Gasteiger partial charge in [0.05, 0.1) is 12.2 Å². The van der Waals surface area contributed by atoms with E-state index < -0.39 is 5.97 Å². The molecule has 0 aliphatic carbocycles. The largest absolute Gasteiger partial charge is 0.493 e. The van der Waals surface area contributed by atoms with Crippen molar-refractivity contribution in [2.45, 2.75) is 20.3 Å². The number of carboxylic acids is 1. The molecular formula is C18H20BrNO3. The van der Waals surface area contributed by atoms with E-state index in [0.29, 0.717) is 18.8 Å². The molecule has 5 heteroatoms. The van der Waals surface area contributed by atoms with E-state index in [9.17, 15) is 9.90 Å². The molecular weight excluding hydrogens is 358 g/mol. The summed E-state index contributed by atoms with van der Waals surface area (Å²) < 4.78 is 6.54. The van der Waals surface area contributed by atoms with Crippen LogP contribution in [0.25, 0.3) is 0 Å². The molecule has 2 rings (SSSR count). The third kappa shape index (κ3) is 4.99. The van der Waals surface area contributed by atoms with Gasteiger partial charge in [0.15, 0.2) is 0 Å². The van der Waals surface area contributed by atoms with Crippen LogP contribution in [0.5, 0.6) is 5.75 Å². The van der Waals surface area contributed by atoms with Crippen LogP contribution in [0.15, 0.2) is 40.9 Å². The maximum absolute atomic E-state index is 11.2. The Balaban J connectivity index is 1.84. The first-order chi connectivity index (χ1) is 11.0. The topological polar surface area (TPSA) is 58.6 Å². The molecule has 23 heavy (non-hydrogen) atoms. The molecule has 0 aliphatic rings. The molecule has 0 saturated carbocycles. The van der Waals surface area contributed by atoms with Crippen molar-refractivity contribution < 1.29 is 14.6 Å². The summed E-state index contributed by atoms with van der Waals surface area (Å²) in [4.78, 5) is 11.2. The molecule has 0 heterocycles. The van der Waals surface area contributed by atoms with Crippen molar-refractivity contribution in [2.75, 3.05) is 18.5 Å². The predicted molar refractivity (Wildman–Crippen MR) is 95.6 cm³/mol. The highest BCUT2D eigenvalue weighted by Gasteiger charge is 2.10. The van der Waals surface area contributed by atoms with E-state index in [1.165, 1.54) is 5.56 Å². The Morgan fingerprint density at radius 2 is 2.00 bits per heavy atom. The number of halogens is 1. The highest BCUT2D eigenvalue weighted by atomic mass is 79.9. The number of hydrogen-bond donors (Lipinski definition) is 2. The predicted octanol–water partition coefficient (Wildman–Crippen LogP) is 4.65. The number of nitrogens with one attached hydrogen (secondary N) is 1.